The number of hydrogen-bond acceptors (Lipinski definition) is 6. The van der Waals surface area contributed by atoms with Gasteiger partial charge in [-0.15, -0.1) is 0 Å². The summed E-state index contributed by atoms with van der Waals surface area (Å²) in [7, 11) is 1.57. The summed E-state index contributed by atoms with van der Waals surface area (Å²) >= 11 is 0. The van der Waals surface area contributed by atoms with Crippen LogP contribution in [0, 0.1) is 0 Å². The van der Waals surface area contributed by atoms with Crippen molar-refractivity contribution in [2.75, 3.05) is 7.11 Å². The van der Waals surface area contributed by atoms with Gasteiger partial charge in [0.15, 0.2) is 0 Å². The van der Waals surface area contributed by atoms with Gasteiger partial charge in [-0.25, -0.2) is 9.61 Å². The number of rotatable bonds is 7. The van der Waals surface area contributed by atoms with E-state index in [4.69, 9.17) is 4.74 Å². The third kappa shape index (κ3) is 3.64. The first kappa shape index (κ1) is 15.4. The molecule has 120 valence electrons. The number of fused-ring (bicyclic) bond motifs is 1. The lowest BCUT2D eigenvalue weighted by Gasteiger charge is -2.07. The van der Waals surface area contributed by atoms with E-state index in [0.717, 1.165) is 17.7 Å². The molecule has 0 radical (unpaired) electrons. The van der Waals surface area contributed by atoms with Gasteiger partial charge in [-0.1, -0.05) is 44.0 Å². The van der Waals surface area contributed by atoms with E-state index in [0.29, 0.717) is 23.6 Å². The van der Waals surface area contributed by atoms with Gasteiger partial charge in [-0.3, -0.25) is 0 Å². The van der Waals surface area contributed by atoms with Crippen LogP contribution < -0.4 is 4.74 Å². The quantitative estimate of drug-likeness (QED) is 0.623. The van der Waals surface area contributed by atoms with Crippen molar-refractivity contribution in [3.63, 3.8) is 0 Å². The maximum Gasteiger partial charge on any atom is 0.246 e. The number of aryl methyl sites for hydroxylation is 1. The van der Waals surface area contributed by atoms with Crippen molar-refractivity contribution in [2.45, 2.75) is 39.0 Å². The van der Waals surface area contributed by atoms with E-state index >= 15 is 0 Å². The van der Waals surface area contributed by atoms with Crippen molar-refractivity contribution in [1.82, 2.24) is 20.3 Å². The van der Waals surface area contributed by atoms with Crippen LogP contribution >= 0.6 is 0 Å². The van der Waals surface area contributed by atoms with E-state index in [-0.39, 0.29) is 0 Å². The van der Waals surface area contributed by atoms with Crippen molar-refractivity contribution in [2.24, 2.45) is 0 Å². The number of ether oxygens (including phenoxy) is 1. The Balaban J connectivity index is 1.75. The van der Waals surface area contributed by atoms with Gasteiger partial charge in [0, 0.05) is 6.42 Å². The molecular weight excluding hydrogens is 292 g/mol. The lowest BCUT2D eigenvalue weighted by molar-refractivity contribution is 0.313. The molecule has 0 N–H and O–H groups in total. The molecule has 0 fully saturated rings. The van der Waals surface area contributed by atoms with Crippen molar-refractivity contribution in [1.29, 1.82) is 0 Å². The van der Waals surface area contributed by atoms with E-state index in [1.54, 1.807) is 7.11 Å². The van der Waals surface area contributed by atoms with Crippen LogP contribution in [0.1, 0.15) is 43.0 Å². The van der Waals surface area contributed by atoms with Crippen molar-refractivity contribution >= 4 is 11.3 Å². The Morgan fingerprint density at radius 1 is 0.957 bits per heavy atom. The van der Waals surface area contributed by atoms with E-state index in [9.17, 15) is 0 Å². The molecule has 0 aliphatic rings. The van der Waals surface area contributed by atoms with Crippen LogP contribution in [-0.4, -0.2) is 27.4 Å². The van der Waals surface area contributed by atoms with Crippen molar-refractivity contribution in [3.05, 3.63) is 41.1 Å². The standard InChI is InChI=1S/C17H20N4O2/c1-3-4-5-6-12-7-9-13(10-8-12)11-14-17(22-2)19-16-15(18-14)20-23-21-16/h7-10H,3-6,11H2,1-2H3. The van der Waals surface area contributed by atoms with Gasteiger partial charge in [0.1, 0.15) is 5.69 Å². The van der Waals surface area contributed by atoms with Crippen molar-refractivity contribution < 1.29 is 9.37 Å². The number of methoxy groups -OCH3 is 1. The highest BCUT2D eigenvalue weighted by atomic mass is 16.6. The fourth-order valence-corrected chi connectivity index (χ4v) is 2.53. The van der Waals surface area contributed by atoms with Crippen LogP contribution in [0.15, 0.2) is 28.9 Å². The van der Waals surface area contributed by atoms with Gasteiger partial charge in [0.05, 0.1) is 7.11 Å². The Hall–Kier alpha value is -2.50. The van der Waals surface area contributed by atoms with E-state index in [2.05, 4.69) is 56.1 Å². The molecule has 6 nitrogen and oxygen atoms in total. The average Bonchev–Trinajstić information content (AvgIpc) is 3.03. The van der Waals surface area contributed by atoms with Crippen LogP contribution in [0.5, 0.6) is 5.88 Å². The monoisotopic (exact) mass is 312 g/mol. The summed E-state index contributed by atoms with van der Waals surface area (Å²) in [5.41, 5.74) is 4.02. The fourth-order valence-electron chi connectivity index (χ4n) is 2.53. The molecule has 0 saturated heterocycles. The maximum atomic E-state index is 5.30. The fraction of sp³-hybridized carbons (Fsp3) is 0.412. The first-order chi connectivity index (χ1) is 11.3. The first-order valence-corrected chi connectivity index (χ1v) is 7.91. The molecule has 0 amide bonds. The summed E-state index contributed by atoms with van der Waals surface area (Å²) < 4.78 is 9.95. The Bertz CT molecular complexity index is 768. The zero-order chi connectivity index (χ0) is 16.1. The smallest absolute Gasteiger partial charge is 0.246 e. The summed E-state index contributed by atoms with van der Waals surface area (Å²) in [6, 6.07) is 8.63. The minimum Gasteiger partial charge on any atom is -0.480 e. The number of nitrogens with zero attached hydrogens (tertiary/aromatic N) is 4. The third-order valence-corrected chi connectivity index (χ3v) is 3.81. The molecule has 1 aromatic carbocycles. The van der Waals surface area contributed by atoms with E-state index < -0.39 is 0 Å². The molecule has 23 heavy (non-hydrogen) atoms. The minimum atomic E-state index is 0.358. The molecule has 0 aliphatic heterocycles. The molecule has 6 heteroatoms. The van der Waals surface area contributed by atoms with Crippen LogP contribution in [0.3, 0.4) is 0 Å². The average molecular weight is 312 g/mol. The second-order valence-corrected chi connectivity index (χ2v) is 5.54. The normalized spacial score (nSPS) is 11.0. The van der Waals surface area contributed by atoms with Crippen LogP contribution in [-0.2, 0) is 12.8 Å². The highest BCUT2D eigenvalue weighted by Gasteiger charge is 2.13. The lowest BCUT2D eigenvalue weighted by atomic mass is 10.0. The number of hydrogen-bond donors (Lipinski definition) is 0. The summed E-state index contributed by atoms with van der Waals surface area (Å²) in [5, 5.41) is 7.42. The largest absolute Gasteiger partial charge is 0.480 e. The number of unbranched alkanes of at least 4 members (excludes halogenated alkanes) is 2. The third-order valence-electron chi connectivity index (χ3n) is 3.81. The van der Waals surface area contributed by atoms with Crippen molar-refractivity contribution in [3.8, 4) is 5.88 Å². The van der Waals surface area contributed by atoms with Crippen LogP contribution in [0.2, 0.25) is 0 Å². The highest BCUT2D eigenvalue weighted by molar-refractivity contribution is 5.64. The maximum absolute atomic E-state index is 5.30. The molecule has 0 atom stereocenters. The van der Waals surface area contributed by atoms with Crippen LogP contribution in [0.25, 0.3) is 11.3 Å². The summed E-state index contributed by atoms with van der Waals surface area (Å²) in [6.45, 7) is 2.22. The van der Waals surface area contributed by atoms with E-state index in [1.807, 2.05) is 0 Å². The Morgan fingerprint density at radius 3 is 2.35 bits per heavy atom. The summed E-state index contributed by atoms with van der Waals surface area (Å²) in [5.74, 6) is 0.459. The highest BCUT2D eigenvalue weighted by Crippen LogP contribution is 2.20. The molecule has 0 aliphatic carbocycles. The van der Waals surface area contributed by atoms with Gasteiger partial charge in [0.25, 0.3) is 0 Å². The second-order valence-electron chi connectivity index (χ2n) is 5.54. The minimum absolute atomic E-state index is 0.358. The SMILES string of the molecule is CCCCCc1ccc(Cc2nc3nonc3nc2OC)cc1. The molecule has 0 spiro atoms. The Kier molecular flexibility index (Phi) is 4.80. The first-order valence-electron chi connectivity index (χ1n) is 7.91. The van der Waals surface area contributed by atoms with Crippen LogP contribution in [0.4, 0.5) is 0 Å². The zero-order valence-electron chi connectivity index (χ0n) is 13.5. The molecule has 0 saturated carbocycles. The molecular formula is C17H20N4O2. The van der Waals surface area contributed by atoms with Gasteiger partial charge in [-0.2, -0.15) is 4.98 Å². The predicted octanol–water partition coefficient (Wildman–Crippen LogP) is 3.34. The topological polar surface area (TPSA) is 73.9 Å². The molecule has 2 aromatic heterocycles. The second kappa shape index (κ2) is 7.17. The number of aromatic nitrogens is 4. The van der Waals surface area contributed by atoms with Gasteiger partial charge < -0.3 is 4.74 Å². The molecule has 3 aromatic rings. The molecule has 0 unspecified atom stereocenters. The predicted molar refractivity (Wildman–Crippen MR) is 86.4 cm³/mol. The molecule has 3 rings (SSSR count). The summed E-state index contributed by atoms with van der Waals surface area (Å²) in [6.07, 6.45) is 5.53. The Morgan fingerprint density at radius 2 is 1.65 bits per heavy atom. The number of benzene rings is 1. The van der Waals surface area contributed by atoms with Gasteiger partial charge >= 0.3 is 0 Å². The van der Waals surface area contributed by atoms with Gasteiger partial charge in [-0.05, 0) is 34.3 Å². The molecule has 0 bridgehead atoms. The van der Waals surface area contributed by atoms with Gasteiger partial charge in [0.2, 0.25) is 17.2 Å². The lowest BCUT2D eigenvalue weighted by Crippen LogP contribution is -2.01. The molecule has 2 heterocycles. The van der Waals surface area contributed by atoms with E-state index in [1.165, 1.54) is 24.8 Å². The zero-order valence-corrected chi connectivity index (χ0v) is 13.5. The Labute approximate surface area is 134 Å². The summed E-state index contributed by atoms with van der Waals surface area (Å²) in [4.78, 5) is 8.69.